The number of nitrogens with one attached hydrogen (secondary N) is 1. The van der Waals surface area contributed by atoms with Crippen molar-refractivity contribution < 1.29 is 9.15 Å². The van der Waals surface area contributed by atoms with Crippen molar-refractivity contribution in [3.8, 4) is 0 Å². The van der Waals surface area contributed by atoms with Gasteiger partial charge in [0.15, 0.2) is 10.2 Å². The van der Waals surface area contributed by atoms with Crippen molar-refractivity contribution in [1.29, 1.82) is 0 Å². The summed E-state index contributed by atoms with van der Waals surface area (Å²) in [5.41, 5.74) is 2.18. The van der Waals surface area contributed by atoms with Gasteiger partial charge in [0.05, 0.1) is 18.3 Å². The summed E-state index contributed by atoms with van der Waals surface area (Å²) in [6.45, 7) is 3.35. The van der Waals surface area contributed by atoms with E-state index in [9.17, 15) is 0 Å². The lowest BCUT2D eigenvalue weighted by molar-refractivity contribution is 0.156. The largest absolute Gasteiger partial charge is 0.452 e. The van der Waals surface area contributed by atoms with E-state index in [1.807, 2.05) is 30.3 Å². The summed E-state index contributed by atoms with van der Waals surface area (Å²) in [5, 5.41) is 4.96. The molecular weight excluding hydrogens is 402 g/mol. The fourth-order valence-corrected chi connectivity index (χ4v) is 4.53. The minimum absolute atomic E-state index is 0.0797. The Hall–Kier alpha value is -2.35. The number of methoxy groups -OCH3 is 1. The van der Waals surface area contributed by atoms with Crippen molar-refractivity contribution in [3.05, 3.63) is 77.8 Å². The van der Waals surface area contributed by atoms with Gasteiger partial charge < -0.3 is 19.4 Å². The van der Waals surface area contributed by atoms with Gasteiger partial charge in [-0.1, -0.05) is 35.5 Å². The maximum Gasteiger partial charge on any atom is 0.170 e. The number of aromatic nitrogens is 1. The zero-order chi connectivity index (χ0) is 20.2. The number of ether oxygens (including phenoxy) is 1. The first kappa shape index (κ1) is 19.9. The van der Waals surface area contributed by atoms with Crippen LogP contribution in [0.2, 0.25) is 0 Å². The van der Waals surface area contributed by atoms with Crippen LogP contribution in [-0.4, -0.2) is 35.3 Å². The monoisotopic (exact) mass is 425 g/mol. The van der Waals surface area contributed by atoms with Gasteiger partial charge in [-0.15, -0.1) is 0 Å². The molecule has 2 atom stereocenters. The molecule has 0 spiro atoms. The molecule has 0 aliphatic carbocycles. The maximum absolute atomic E-state index is 6.27. The number of benzene rings is 1. The summed E-state index contributed by atoms with van der Waals surface area (Å²) in [7, 11) is 1.70. The summed E-state index contributed by atoms with van der Waals surface area (Å²) in [6.07, 6.45) is 1.80. The Kier molecular flexibility index (Phi) is 6.18. The number of nitrogens with zero attached hydrogens (tertiary/aromatic N) is 2. The third-order valence-corrected chi connectivity index (χ3v) is 6.15. The van der Waals surface area contributed by atoms with Crippen LogP contribution in [0.15, 0.2) is 75.2 Å². The summed E-state index contributed by atoms with van der Waals surface area (Å²) >= 11 is 7.23. The van der Waals surface area contributed by atoms with Gasteiger partial charge in [-0.05, 0) is 55.5 Å². The lowest BCUT2D eigenvalue weighted by atomic mass is 10.0. The first-order valence-electron chi connectivity index (χ1n) is 9.47. The molecule has 1 aromatic carbocycles. The van der Waals surface area contributed by atoms with Gasteiger partial charge in [0.25, 0.3) is 0 Å². The van der Waals surface area contributed by atoms with E-state index in [0.717, 1.165) is 21.4 Å². The Morgan fingerprint density at radius 3 is 2.72 bits per heavy atom. The van der Waals surface area contributed by atoms with Crippen molar-refractivity contribution in [2.24, 2.45) is 0 Å². The highest BCUT2D eigenvalue weighted by Crippen LogP contribution is 2.41. The SMILES string of the molecule is COCCN1C(=S)N[C@@H](c2ccccn2)[C@@H]1c1ccc(Sc2ccc(C)cc2)o1. The number of pyridine rings is 1. The number of hydrogen-bond donors (Lipinski definition) is 1. The second kappa shape index (κ2) is 8.98. The number of rotatable bonds is 7. The molecule has 3 aromatic rings. The standard InChI is InChI=1S/C22H23N3O2S2/c1-15-6-8-16(9-7-15)29-19-11-10-18(27-19)21-20(17-5-3-4-12-23-17)24-22(28)25(21)13-14-26-2/h3-12,20-21H,13-14H2,1-2H3,(H,24,28)/t20-,21-/m0/s1. The molecule has 1 aliphatic rings. The molecule has 1 saturated heterocycles. The molecule has 2 aromatic heterocycles. The maximum atomic E-state index is 6.27. The van der Waals surface area contributed by atoms with E-state index >= 15 is 0 Å². The zero-order valence-corrected chi connectivity index (χ0v) is 18.0. The third-order valence-electron chi connectivity index (χ3n) is 4.87. The molecule has 1 N–H and O–H groups in total. The Labute approximate surface area is 180 Å². The minimum atomic E-state index is -0.0834. The van der Waals surface area contributed by atoms with E-state index in [-0.39, 0.29) is 12.1 Å². The molecule has 1 aliphatic heterocycles. The lowest BCUT2D eigenvalue weighted by Gasteiger charge is -2.25. The fourth-order valence-electron chi connectivity index (χ4n) is 3.42. The van der Waals surface area contributed by atoms with Crippen LogP contribution in [0.3, 0.4) is 0 Å². The van der Waals surface area contributed by atoms with Crippen molar-refractivity contribution in [2.75, 3.05) is 20.3 Å². The molecule has 0 saturated carbocycles. The highest BCUT2D eigenvalue weighted by Gasteiger charge is 2.41. The normalized spacial score (nSPS) is 18.8. The van der Waals surface area contributed by atoms with Gasteiger partial charge in [0.2, 0.25) is 0 Å². The summed E-state index contributed by atoms with van der Waals surface area (Å²) < 4.78 is 11.6. The van der Waals surface area contributed by atoms with Gasteiger partial charge in [0.1, 0.15) is 11.8 Å². The van der Waals surface area contributed by atoms with E-state index in [0.29, 0.717) is 18.3 Å². The second-order valence-corrected chi connectivity index (χ2v) is 8.35. The molecule has 7 heteroatoms. The van der Waals surface area contributed by atoms with E-state index in [1.165, 1.54) is 5.56 Å². The minimum Gasteiger partial charge on any atom is -0.452 e. The van der Waals surface area contributed by atoms with Crippen LogP contribution in [-0.2, 0) is 4.74 Å². The Bertz CT molecular complexity index is 960. The summed E-state index contributed by atoms with van der Waals surface area (Å²) in [5.74, 6) is 0.860. The topological polar surface area (TPSA) is 50.5 Å². The van der Waals surface area contributed by atoms with Crippen molar-refractivity contribution in [2.45, 2.75) is 29.0 Å². The first-order chi connectivity index (χ1) is 14.2. The van der Waals surface area contributed by atoms with E-state index < -0.39 is 0 Å². The van der Waals surface area contributed by atoms with Gasteiger partial charge in [0, 0.05) is 24.7 Å². The predicted molar refractivity (Wildman–Crippen MR) is 118 cm³/mol. The number of furan rings is 1. The fraction of sp³-hybridized carbons (Fsp3) is 0.273. The summed E-state index contributed by atoms with van der Waals surface area (Å²) in [4.78, 5) is 7.81. The van der Waals surface area contributed by atoms with Crippen molar-refractivity contribution in [3.63, 3.8) is 0 Å². The van der Waals surface area contributed by atoms with Crippen molar-refractivity contribution >= 4 is 29.1 Å². The van der Waals surface area contributed by atoms with Crippen molar-refractivity contribution in [1.82, 2.24) is 15.2 Å². The average molecular weight is 426 g/mol. The molecule has 0 bridgehead atoms. The third kappa shape index (κ3) is 4.47. The molecule has 0 unspecified atom stereocenters. The van der Waals surface area contributed by atoms with Crippen LogP contribution < -0.4 is 5.32 Å². The van der Waals surface area contributed by atoms with Gasteiger partial charge in [-0.25, -0.2) is 0 Å². The molecule has 29 heavy (non-hydrogen) atoms. The van der Waals surface area contributed by atoms with Gasteiger partial charge in [-0.2, -0.15) is 0 Å². The Morgan fingerprint density at radius 2 is 2.00 bits per heavy atom. The zero-order valence-electron chi connectivity index (χ0n) is 16.4. The highest BCUT2D eigenvalue weighted by molar-refractivity contribution is 7.99. The molecule has 1 fully saturated rings. The number of aryl methyl sites for hydroxylation is 1. The molecule has 0 amide bonds. The Morgan fingerprint density at radius 1 is 1.17 bits per heavy atom. The first-order valence-corrected chi connectivity index (χ1v) is 10.7. The summed E-state index contributed by atoms with van der Waals surface area (Å²) in [6, 6.07) is 18.2. The molecule has 150 valence electrons. The van der Waals surface area contributed by atoms with Crippen LogP contribution in [0.4, 0.5) is 0 Å². The molecule has 3 heterocycles. The highest BCUT2D eigenvalue weighted by atomic mass is 32.2. The Balaban J connectivity index is 1.62. The van der Waals surface area contributed by atoms with Gasteiger partial charge in [-0.3, -0.25) is 4.98 Å². The second-order valence-electron chi connectivity index (χ2n) is 6.88. The average Bonchev–Trinajstić information content (AvgIpc) is 3.32. The number of thiocarbonyl (C=S) groups is 1. The molecule has 0 radical (unpaired) electrons. The quantitative estimate of drug-likeness (QED) is 0.548. The van der Waals surface area contributed by atoms with Crippen LogP contribution in [0.1, 0.15) is 29.1 Å². The number of hydrogen-bond acceptors (Lipinski definition) is 5. The molecule has 5 nitrogen and oxygen atoms in total. The molecular formula is C22H23N3O2S2. The predicted octanol–water partition coefficient (Wildman–Crippen LogP) is 4.75. The van der Waals surface area contributed by atoms with E-state index in [4.69, 9.17) is 21.4 Å². The van der Waals surface area contributed by atoms with Gasteiger partial charge >= 0.3 is 0 Å². The van der Waals surface area contributed by atoms with Crippen LogP contribution >= 0.6 is 24.0 Å². The molecule has 4 rings (SSSR count). The van der Waals surface area contributed by atoms with Crippen LogP contribution in [0, 0.1) is 6.92 Å². The van der Waals surface area contributed by atoms with Crippen LogP contribution in [0.5, 0.6) is 0 Å². The lowest BCUT2D eigenvalue weighted by Crippen LogP contribution is -2.32. The van der Waals surface area contributed by atoms with E-state index in [2.05, 4.69) is 46.4 Å². The smallest absolute Gasteiger partial charge is 0.170 e. The van der Waals surface area contributed by atoms with Crippen LogP contribution in [0.25, 0.3) is 0 Å². The van der Waals surface area contributed by atoms with E-state index in [1.54, 1.807) is 25.1 Å².